The zero-order chi connectivity index (χ0) is 18.5. The monoisotopic (exact) mass is 359 g/mol. The van der Waals surface area contributed by atoms with Gasteiger partial charge < -0.3 is 9.84 Å². The van der Waals surface area contributed by atoms with E-state index in [1.165, 1.54) is 6.33 Å². The maximum Gasteiger partial charge on any atom is 0.273 e. The Kier molecular flexibility index (Phi) is 4.74. The molecule has 2 heterocycles. The number of amides is 1. The second-order valence-corrected chi connectivity index (χ2v) is 6.03. The molecule has 0 bridgehead atoms. The van der Waals surface area contributed by atoms with Gasteiger partial charge in [-0.05, 0) is 11.1 Å². The van der Waals surface area contributed by atoms with Gasteiger partial charge in [-0.3, -0.25) is 4.79 Å². The highest BCUT2D eigenvalue weighted by atomic mass is 16.5. The Morgan fingerprint density at radius 1 is 1.04 bits per heavy atom. The van der Waals surface area contributed by atoms with Crippen LogP contribution in [0.2, 0.25) is 0 Å². The van der Waals surface area contributed by atoms with E-state index in [-0.39, 0.29) is 11.6 Å². The quantitative estimate of drug-likeness (QED) is 0.572. The fourth-order valence-electron chi connectivity index (χ4n) is 2.66. The van der Waals surface area contributed by atoms with Crippen LogP contribution in [0.1, 0.15) is 21.6 Å². The first-order chi connectivity index (χ1) is 13.3. The molecule has 4 aromatic rings. The summed E-state index contributed by atoms with van der Waals surface area (Å²) in [5.74, 6) is 0.297. The first kappa shape index (κ1) is 16.7. The zero-order valence-corrected chi connectivity index (χ0v) is 14.4. The lowest BCUT2D eigenvalue weighted by Crippen LogP contribution is -2.23. The fraction of sp³-hybridized carbons (Fsp3) is 0.100. The zero-order valence-electron chi connectivity index (χ0n) is 14.4. The number of hydrogen-bond acceptors (Lipinski definition) is 5. The number of benzene rings is 2. The number of nitrogens with one attached hydrogen (secondary N) is 1. The van der Waals surface area contributed by atoms with Crippen molar-refractivity contribution in [1.29, 1.82) is 0 Å². The van der Waals surface area contributed by atoms with Crippen molar-refractivity contribution in [3.05, 3.63) is 90.1 Å². The van der Waals surface area contributed by atoms with Crippen molar-refractivity contribution in [1.82, 2.24) is 25.2 Å². The van der Waals surface area contributed by atoms with Crippen molar-refractivity contribution in [2.45, 2.75) is 13.1 Å². The minimum absolute atomic E-state index is 0.261. The van der Waals surface area contributed by atoms with Crippen molar-refractivity contribution in [3.63, 3.8) is 0 Å². The summed E-state index contributed by atoms with van der Waals surface area (Å²) in [4.78, 5) is 16.2. The highest BCUT2D eigenvalue weighted by Crippen LogP contribution is 2.19. The third-order valence-electron chi connectivity index (χ3n) is 4.09. The van der Waals surface area contributed by atoms with Crippen LogP contribution in [0.25, 0.3) is 11.3 Å². The van der Waals surface area contributed by atoms with Gasteiger partial charge in [0.2, 0.25) is 0 Å². The minimum atomic E-state index is -0.271. The molecule has 0 aliphatic heterocycles. The molecule has 27 heavy (non-hydrogen) atoms. The van der Waals surface area contributed by atoms with Gasteiger partial charge in [-0.1, -0.05) is 59.8 Å². The summed E-state index contributed by atoms with van der Waals surface area (Å²) >= 11 is 0. The molecule has 2 aromatic carbocycles. The average molecular weight is 359 g/mol. The summed E-state index contributed by atoms with van der Waals surface area (Å²) in [5, 5.41) is 10.8. The van der Waals surface area contributed by atoms with E-state index in [0.29, 0.717) is 18.8 Å². The molecule has 7 nitrogen and oxygen atoms in total. The molecule has 0 aliphatic carbocycles. The smallest absolute Gasteiger partial charge is 0.273 e. The molecular weight excluding hydrogens is 342 g/mol. The van der Waals surface area contributed by atoms with Gasteiger partial charge in [0.25, 0.3) is 5.91 Å². The Balaban J connectivity index is 1.34. The van der Waals surface area contributed by atoms with Crippen LogP contribution in [0.3, 0.4) is 0 Å². The lowest BCUT2D eigenvalue weighted by molar-refractivity contribution is 0.0942. The lowest BCUT2D eigenvalue weighted by Gasteiger charge is -2.05. The molecule has 134 valence electrons. The van der Waals surface area contributed by atoms with E-state index in [4.69, 9.17) is 4.52 Å². The standard InChI is InChI=1S/C20H17N5O2/c26-20(18-10-19(27-24-18)17-4-2-1-3-5-17)22-11-15-6-8-16(9-7-15)12-25-14-21-13-23-25/h1-10,13-14H,11-12H2,(H,22,26). The van der Waals surface area contributed by atoms with Crippen molar-refractivity contribution in [2.24, 2.45) is 0 Å². The maximum atomic E-state index is 12.3. The van der Waals surface area contributed by atoms with Crippen LogP contribution in [-0.2, 0) is 13.1 Å². The van der Waals surface area contributed by atoms with Gasteiger partial charge in [0.05, 0.1) is 6.54 Å². The topological polar surface area (TPSA) is 85.8 Å². The molecule has 1 N–H and O–H groups in total. The third-order valence-corrected chi connectivity index (χ3v) is 4.09. The number of rotatable bonds is 6. The Labute approximate surface area is 155 Å². The second kappa shape index (κ2) is 7.65. The lowest BCUT2D eigenvalue weighted by atomic mass is 10.1. The van der Waals surface area contributed by atoms with E-state index in [1.807, 2.05) is 54.6 Å². The van der Waals surface area contributed by atoms with Crippen LogP contribution in [0.5, 0.6) is 0 Å². The predicted molar refractivity (Wildman–Crippen MR) is 98.7 cm³/mol. The molecule has 1 amide bonds. The first-order valence-corrected chi connectivity index (χ1v) is 8.48. The van der Waals surface area contributed by atoms with Crippen LogP contribution in [0.4, 0.5) is 0 Å². The summed E-state index contributed by atoms with van der Waals surface area (Å²) in [6.07, 6.45) is 3.19. The van der Waals surface area contributed by atoms with Crippen LogP contribution in [-0.4, -0.2) is 25.8 Å². The van der Waals surface area contributed by atoms with Gasteiger partial charge in [0.15, 0.2) is 11.5 Å². The van der Waals surface area contributed by atoms with Crippen molar-refractivity contribution >= 4 is 5.91 Å². The molecule has 4 rings (SSSR count). The first-order valence-electron chi connectivity index (χ1n) is 8.48. The van der Waals surface area contributed by atoms with Gasteiger partial charge in [0, 0.05) is 18.2 Å². The van der Waals surface area contributed by atoms with Crippen LogP contribution in [0, 0.1) is 0 Å². The Bertz CT molecular complexity index is 1010. The summed E-state index contributed by atoms with van der Waals surface area (Å²) in [7, 11) is 0. The number of carbonyl (C=O) groups excluding carboxylic acids is 1. The van der Waals surface area contributed by atoms with Crippen molar-refractivity contribution in [3.8, 4) is 11.3 Å². The van der Waals surface area contributed by atoms with E-state index in [9.17, 15) is 4.79 Å². The molecule has 7 heteroatoms. The molecule has 0 unspecified atom stereocenters. The Morgan fingerprint density at radius 2 is 1.81 bits per heavy atom. The number of nitrogens with zero attached hydrogens (tertiary/aromatic N) is 4. The van der Waals surface area contributed by atoms with Gasteiger partial charge in [-0.15, -0.1) is 0 Å². The van der Waals surface area contributed by atoms with Crippen molar-refractivity contribution in [2.75, 3.05) is 0 Å². The molecule has 0 atom stereocenters. The fourth-order valence-corrected chi connectivity index (χ4v) is 2.66. The normalized spacial score (nSPS) is 10.7. The molecule has 0 fully saturated rings. The van der Waals surface area contributed by atoms with Gasteiger partial charge in [-0.25, -0.2) is 9.67 Å². The average Bonchev–Trinajstić information content (AvgIpc) is 3.40. The molecule has 0 saturated carbocycles. The van der Waals surface area contributed by atoms with Gasteiger partial charge >= 0.3 is 0 Å². The Hall–Kier alpha value is -3.74. The largest absolute Gasteiger partial charge is 0.355 e. The summed E-state index contributed by atoms with van der Waals surface area (Å²) in [6.45, 7) is 1.07. The van der Waals surface area contributed by atoms with E-state index in [2.05, 4.69) is 20.6 Å². The predicted octanol–water partition coefficient (Wildman–Crippen LogP) is 2.91. The molecule has 2 aromatic heterocycles. The Morgan fingerprint density at radius 3 is 2.56 bits per heavy atom. The number of aromatic nitrogens is 4. The molecule has 0 spiro atoms. The third kappa shape index (κ3) is 4.09. The molecule has 0 radical (unpaired) electrons. The number of carbonyl (C=O) groups is 1. The second-order valence-electron chi connectivity index (χ2n) is 6.03. The molecule has 0 aliphatic rings. The van der Waals surface area contributed by atoms with E-state index in [1.54, 1.807) is 17.1 Å². The highest BCUT2D eigenvalue weighted by molar-refractivity contribution is 5.93. The van der Waals surface area contributed by atoms with Crippen LogP contribution >= 0.6 is 0 Å². The van der Waals surface area contributed by atoms with Crippen LogP contribution in [0.15, 0.2) is 77.8 Å². The number of hydrogen-bond donors (Lipinski definition) is 1. The highest BCUT2D eigenvalue weighted by Gasteiger charge is 2.13. The van der Waals surface area contributed by atoms with E-state index < -0.39 is 0 Å². The van der Waals surface area contributed by atoms with E-state index >= 15 is 0 Å². The molecular formula is C20H17N5O2. The van der Waals surface area contributed by atoms with Crippen LogP contribution < -0.4 is 5.32 Å². The van der Waals surface area contributed by atoms with Gasteiger partial charge in [0.1, 0.15) is 12.7 Å². The summed E-state index contributed by atoms with van der Waals surface area (Å²) in [5.41, 5.74) is 3.25. The summed E-state index contributed by atoms with van der Waals surface area (Å²) < 4.78 is 7.02. The summed E-state index contributed by atoms with van der Waals surface area (Å²) in [6, 6.07) is 19.2. The van der Waals surface area contributed by atoms with E-state index in [0.717, 1.165) is 16.7 Å². The SMILES string of the molecule is O=C(NCc1ccc(Cn2cncn2)cc1)c1cc(-c2ccccc2)on1. The van der Waals surface area contributed by atoms with Gasteiger partial charge in [-0.2, -0.15) is 5.10 Å². The minimum Gasteiger partial charge on any atom is -0.355 e. The molecule has 0 saturated heterocycles. The maximum absolute atomic E-state index is 12.3. The van der Waals surface area contributed by atoms with Crippen molar-refractivity contribution < 1.29 is 9.32 Å².